The SMILES string of the molecule is CCC(CC)C(=O)N[C@@H](C)C(=O)N1CCN(c2ccccc2)CC1. The minimum absolute atomic E-state index is 0.00446. The molecule has 2 rings (SSSR count). The van der Waals surface area contributed by atoms with Gasteiger partial charge in [-0.3, -0.25) is 9.59 Å². The van der Waals surface area contributed by atoms with Crippen LogP contribution in [0, 0.1) is 5.92 Å². The molecule has 2 amide bonds. The zero-order valence-corrected chi connectivity index (χ0v) is 15.0. The van der Waals surface area contributed by atoms with Crippen LogP contribution in [-0.4, -0.2) is 48.9 Å². The zero-order chi connectivity index (χ0) is 17.5. The number of nitrogens with zero attached hydrogens (tertiary/aromatic N) is 2. The monoisotopic (exact) mass is 331 g/mol. The molecule has 24 heavy (non-hydrogen) atoms. The standard InChI is InChI=1S/C19H29N3O2/c1-4-16(5-2)18(23)20-15(3)19(24)22-13-11-21(12-14-22)17-9-7-6-8-10-17/h6-10,15-16H,4-5,11-14H2,1-3H3,(H,20,23)/t15-/m0/s1. The molecule has 5 heteroatoms. The number of rotatable bonds is 6. The number of hydrogen-bond acceptors (Lipinski definition) is 3. The van der Waals surface area contributed by atoms with Crippen molar-refractivity contribution < 1.29 is 9.59 Å². The molecule has 0 radical (unpaired) electrons. The van der Waals surface area contributed by atoms with Crippen LogP contribution in [-0.2, 0) is 9.59 Å². The molecule has 1 atom stereocenters. The minimum atomic E-state index is -0.457. The normalized spacial score (nSPS) is 16.2. The fourth-order valence-corrected chi connectivity index (χ4v) is 3.15. The number of carbonyl (C=O) groups is 2. The van der Waals surface area contributed by atoms with Crippen molar-refractivity contribution in [1.29, 1.82) is 0 Å². The highest BCUT2D eigenvalue weighted by atomic mass is 16.2. The van der Waals surface area contributed by atoms with Gasteiger partial charge in [-0.2, -0.15) is 0 Å². The average molecular weight is 331 g/mol. The molecule has 1 fully saturated rings. The summed E-state index contributed by atoms with van der Waals surface area (Å²) in [6.07, 6.45) is 1.61. The highest BCUT2D eigenvalue weighted by Crippen LogP contribution is 2.16. The number of piperazine rings is 1. The van der Waals surface area contributed by atoms with Crippen LogP contribution in [0.2, 0.25) is 0 Å². The lowest BCUT2D eigenvalue weighted by Gasteiger charge is -2.37. The van der Waals surface area contributed by atoms with E-state index in [0.717, 1.165) is 25.9 Å². The first-order valence-corrected chi connectivity index (χ1v) is 8.96. The van der Waals surface area contributed by atoms with Crippen molar-refractivity contribution in [2.24, 2.45) is 5.92 Å². The van der Waals surface area contributed by atoms with Gasteiger partial charge in [-0.05, 0) is 31.9 Å². The predicted octanol–water partition coefficient (Wildman–Crippen LogP) is 2.28. The van der Waals surface area contributed by atoms with Gasteiger partial charge in [-0.1, -0.05) is 32.0 Å². The van der Waals surface area contributed by atoms with Gasteiger partial charge in [0.15, 0.2) is 0 Å². The highest BCUT2D eigenvalue weighted by Gasteiger charge is 2.27. The first kappa shape index (κ1) is 18.3. The van der Waals surface area contributed by atoms with E-state index in [2.05, 4.69) is 22.3 Å². The largest absolute Gasteiger partial charge is 0.368 e. The fraction of sp³-hybridized carbons (Fsp3) is 0.579. The van der Waals surface area contributed by atoms with Crippen LogP contribution in [0.5, 0.6) is 0 Å². The molecule has 0 aromatic heterocycles. The third-order valence-corrected chi connectivity index (χ3v) is 4.80. The lowest BCUT2D eigenvalue weighted by atomic mass is 10.0. The van der Waals surface area contributed by atoms with Gasteiger partial charge in [0.05, 0.1) is 0 Å². The van der Waals surface area contributed by atoms with Crippen LogP contribution in [0.15, 0.2) is 30.3 Å². The number of hydrogen-bond donors (Lipinski definition) is 1. The van der Waals surface area contributed by atoms with E-state index in [0.29, 0.717) is 13.1 Å². The smallest absolute Gasteiger partial charge is 0.244 e. The third kappa shape index (κ3) is 4.49. The first-order valence-electron chi connectivity index (χ1n) is 8.96. The summed E-state index contributed by atoms with van der Waals surface area (Å²) >= 11 is 0. The number of carbonyl (C=O) groups excluding carboxylic acids is 2. The number of anilines is 1. The molecular formula is C19H29N3O2. The average Bonchev–Trinajstić information content (AvgIpc) is 2.63. The minimum Gasteiger partial charge on any atom is -0.368 e. The van der Waals surface area contributed by atoms with Crippen molar-refractivity contribution in [3.05, 3.63) is 30.3 Å². The molecule has 1 heterocycles. The van der Waals surface area contributed by atoms with Crippen LogP contribution in [0.3, 0.4) is 0 Å². The number of amides is 2. The van der Waals surface area contributed by atoms with Gasteiger partial charge in [0.2, 0.25) is 11.8 Å². The van der Waals surface area contributed by atoms with Gasteiger partial charge >= 0.3 is 0 Å². The Morgan fingerprint density at radius 1 is 1.04 bits per heavy atom. The molecule has 1 saturated heterocycles. The predicted molar refractivity (Wildman–Crippen MR) is 96.9 cm³/mol. The number of benzene rings is 1. The molecular weight excluding hydrogens is 302 g/mol. The van der Waals surface area contributed by atoms with Crippen LogP contribution >= 0.6 is 0 Å². The molecule has 1 aromatic rings. The molecule has 0 aliphatic carbocycles. The van der Waals surface area contributed by atoms with E-state index in [1.165, 1.54) is 5.69 Å². The molecule has 0 saturated carbocycles. The van der Waals surface area contributed by atoms with Gasteiger partial charge in [-0.15, -0.1) is 0 Å². The van der Waals surface area contributed by atoms with Gasteiger partial charge in [0, 0.05) is 37.8 Å². The highest BCUT2D eigenvalue weighted by molar-refractivity contribution is 5.88. The maximum atomic E-state index is 12.6. The quantitative estimate of drug-likeness (QED) is 0.870. The molecule has 1 aromatic carbocycles. The summed E-state index contributed by atoms with van der Waals surface area (Å²) in [6, 6.07) is 9.80. The summed E-state index contributed by atoms with van der Waals surface area (Å²) in [4.78, 5) is 28.9. The Labute approximate surface area is 145 Å². The molecule has 0 unspecified atom stereocenters. The summed E-state index contributed by atoms with van der Waals surface area (Å²) in [5.41, 5.74) is 1.19. The van der Waals surface area contributed by atoms with E-state index < -0.39 is 6.04 Å². The van der Waals surface area contributed by atoms with E-state index >= 15 is 0 Å². The fourth-order valence-electron chi connectivity index (χ4n) is 3.15. The molecule has 132 valence electrons. The Bertz CT molecular complexity index is 535. The van der Waals surface area contributed by atoms with Gasteiger partial charge in [0.1, 0.15) is 6.04 Å². The summed E-state index contributed by atoms with van der Waals surface area (Å²) in [7, 11) is 0. The second-order valence-corrected chi connectivity index (χ2v) is 6.39. The Morgan fingerprint density at radius 3 is 2.17 bits per heavy atom. The molecule has 1 N–H and O–H groups in total. The van der Waals surface area contributed by atoms with Gasteiger partial charge in [-0.25, -0.2) is 0 Å². The van der Waals surface area contributed by atoms with Crippen molar-refractivity contribution in [2.75, 3.05) is 31.1 Å². The van der Waals surface area contributed by atoms with Crippen LogP contribution in [0.1, 0.15) is 33.6 Å². The van der Waals surface area contributed by atoms with Crippen molar-refractivity contribution in [3.8, 4) is 0 Å². The summed E-state index contributed by atoms with van der Waals surface area (Å²) in [6.45, 7) is 8.82. The zero-order valence-electron chi connectivity index (χ0n) is 15.0. The van der Waals surface area contributed by atoms with Crippen molar-refractivity contribution in [1.82, 2.24) is 10.2 Å². The molecule has 1 aliphatic rings. The van der Waals surface area contributed by atoms with E-state index in [4.69, 9.17) is 0 Å². The maximum absolute atomic E-state index is 12.6. The number of nitrogens with one attached hydrogen (secondary N) is 1. The summed E-state index contributed by atoms with van der Waals surface area (Å²) < 4.78 is 0. The third-order valence-electron chi connectivity index (χ3n) is 4.80. The second-order valence-electron chi connectivity index (χ2n) is 6.39. The Kier molecular flexibility index (Phi) is 6.64. The van der Waals surface area contributed by atoms with E-state index in [9.17, 15) is 9.59 Å². The molecule has 0 bridgehead atoms. The van der Waals surface area contributed by atoms with E-state index in [1.54, 1.807) is 6.92 Å². The molecule has 5 nitrogen and oxygen atoms in total. The van der Waals surface area contributed by atoms with Gasteiger partial charge < -0.3 is 15.1 Å². The van der Waals surface area contributed by atoms with Crippen molar-refractivity contribution in [2.45, 2.75) is 39.7 Å². The van der Waals surface area contributed by atoms with Crippen LogP contribution in [0.25, 0.3) is 0 Å². The van der Waals surface area contributed by atoms with Crippen LogP contribution in [0.4, 0.5) is 5.69 Å². The van der Waals surface area contributed by atoms with E-state index in [1.807, 2.05) is 36.9 Å². The second kappa shape index (κ2) is 8.71. The molecule has 1 aliphatic heterocycles. The lowest BCUT2D eigenvalue weighted by Crippen LogP contribution is -2.54. The summed E-state index contributed by atoms with van der Waals surface area (Å²) in [5, 5.41) is 2.88. The maximum Gasteiger partial charge on any atom is 0.244 e. The van der Waals surface area contributed by atoms with Crippen molar-refractivity contribution in [3.63, 3.8) is 0 Å². The van der Waals surface area contributed by atoms with Crippen molar-refractivity contribution >= 4 is 17.5 Å². The Hall–Kier alpha value is -2.04. The number of para-hydroxylation sites is 1. The Morgan fingerprint density at radius 2 is 1.62 bits per heavy atom. The lowest BCUT2D eigenvalue weighted by molar-refractivity contribution is -0.137. The summed E-state index contributed by atoms with van der Waals surface area (Å²) in [5.74, 6) is 0.000896. The van der Waals surface area contributed by atoms with E-state index in [-0.39, 0.29) is 17.7 Å². The Balaban J connectivity index is 1.84. The molecule has 0 spiro atoms. The van der Waals surface area contributed by atoms with Crippen LogP contribution < -0.4 is 10.2 Å². The topological polar surface area (TPSA) is 52.7 Å². The van der Waals surface area contributed by atoms with Gasteiger partial charge in [0.25, 0.3) is 0 Å². The first-order chi connectivity index (χ1) is 11.6.